The van der Waals surface area contributed by atoms with Crippen LogP contribution in [0, 0.1) is 12.3 Å². The maximum atomic E-state index is 11.1. The van der Waals surface area contributed by atoms with Crippen molar-refractivity contribution in [2.45, 2.75) is 119 Å². The van der Waals surface area contributed by atoms with Gasteiger partial charge in [-0.25, -0.2) is 39.5 Å². The van der Waals surface area contributed by atoms with E-state index >= 15 is 0 Å². The van der Waals surface area contributed by atoms with E-state index in [-0.39, 0.29) is 12.1 Å². The lowest BCUT2D eigenvalue weighted by atomic mass is 10.0. The smallest absolute Gasteiger partial charge is 0.315 e. The Morgan fingerprint density at radius 2 is 1.39 bits per heavy atom. The highest BCUT2D eigenvalue weighted by Gasteiger charge is 2.43. The van der Waals surface area contributed by atoms with Gasteiger partial charge in [0.1, 0.15) is 23.7 Å². The van der Waals surface area contributed by atoms with Gasteiger partial charge in [-0.15, -0.1) is 17.4 Å². The first-order valence-corrected chi connectivity index (χ1v) is 22.9. The predicted molar refractivity (Wildman–Crippen MR) is 241 cm³/mol. The molecular formula is C38H54N20O2S2. The average molecular weight is 887 g/mol. The molecule has 0 aliphatic carbocycles. The molecule has 4 aliphatic rings. The van der Waals surface area contributed by atoms with Gasteiger partial charge in [-0.2, -0.15) is 23.5 Å². The minimum absolute atomic E-state index is 0.000996. The van der Waals surface area contributed by atoms with Crippen molar-refractivity contribution in [1.29, 1.82) is 0 Å². The van der Waals surface area contributed by atoms with Gasteiger partial charge in [-0.05, 0) is 24.8 Å². The van der Waals surface area contributed by atoms with E-state index in [0.717, 1.165) is 36.4 Å². The number of amides is 4. The van der Waals surface area contributed by atoms with Gasteiger partial charge >= 0.3 is 12.1 Å². The maximum Gasteiger partial charge on any atom is 0.315 e. The monoisotopic (exact) mass is 886 g/mol. The van der Waals surface area contributed by atoms with Crippen LogP contribution in [0.2, 0.25) is 0 Å². The molecule has 0 bridgehead atoms. The molecule has 4 saturated heterocycles. The Balaban J connectivity index is 0.000000138. The van der Waals surface area contributed by atoms with E-state index < -0.39 is 0 Å². The summed E-state index contributed by atoms with van der Waals surface area (Å²) in [5.41, 5.74) is 22.0. The van der Waals surface area contributed by atoms with E-state index in [1.165, 1.54) is 51.2 Å². The maximum absolute atomic E-state index is 11.1. The second kappa shape index (κ2) is 23.2. The number of rotatable bonds is 15. The van der Waals surface area contributed by atoms with Crippen LogP contribution < -0.4 is 32.7 Å². The van der Waals surface area contributed by atoms with Gasteiger partial charge in [-0.1, -0.05) is 49.4 Å². The van der Waals surface area contributed by atoms with E-state index in [4.69, 9.17) is 23.4 Å². The first-order chi connectivity index (χ1) is 30.3. The highest BCUT2D eigenvalue weighted by molar-refractivity contribution is 8.00. The molecule has 4 amide bonds. The number of nitrogens with two attached hydrogens (primary N) is 2. The third-order valence-electron chi connectivity index (χ3n) is 10.7. The van der Waals surface area contributed by atoms with E-state index in [2.05, 4.69) is 84.4 Å². The number of unbranched alkanes of at least 4 members (excludes halogenated alkanes) is 5. The molecule has 330 valence electrons. The van der Waals surface area contributed by atoms with Crippen LogP contribution in [0.1, 0.15) is 64.7 Å². The van der Waals surface area contributed by atoms with Crippen molar-refractivity contribution in [3.63, 3.8) is 0 Å². The van der Waals surface area contributed by atoms with Gasteiger partial charge < -0.3 is 41.9 Å². The average Bonchev–Trinajstić information content (AvgIpc) is 4.14. The predicted octanol–water partition coefficient (Wildman–Crippen LogP) is 3.89. The molecule has 0 spiro atoms. The highest BCUT2D eigenvalue weighted by atomic mass is 32.2. The summed E-state index contributed by atoms with van der Waals surface area (Å²) in [7, 11) is 0. The van der Waals surface area contributed by atoms with Crippen LogP contribution in [0.4, 0.5) is 21.2 Å². The van der Waals surface area contributed by atoms with Gasteiger partial charge in [0.25, 0.3) is 0 Å². The number of nitrogen functional groups attached to an aromatic ring is 2. The lowest BCUT2D eigenvalue weighted by molar-refractivity contribution is 0.246. The minimum Gasteiger partial charge on any atom is -0.382 e. The molecule has 0 unspecified atom stereocenters. The third-order valence-corrected chi connectivity index (χ3v) is 13.7. The normalized spacial score (nSPS) is 21.6. The highest BCUT2D eigenvalue weighted by Crippen LogP contribution is 2.34. The molecule has 4 aliphatic heterocycles. The number of carbonyl (C=O) groups excluding carboxylic acids is 2. The largest absolute Gasteiger partial charge is 0.382 e. The second-order valence-electron chi connectivity index (χ2n) is 14.9. The quantitative estimate of drug-likeness (QED) is 0.0217. The fourth-order valence-electron chi connectivity index (χ4n) is 7.52. The number of aromatic nitrogens is 11. The lowest BCUT2D eigenvalue weighted by Gasteiger charge is -2.16. The molecule has 6 atom stereocenters. The van der Waals surface area contributed by atoms with Gasteiger partial charge in [0, 0.05) is 59.2 Å². The first kappa shape index (κ1) is 45.5. The van der Waals surface area contributed by atoms with Gasteiger partial charge in [-0.3, -0.25) is 4.68 Å². The van der Waals surface area contributed by atoms with Crippen molar-refractivity contribution in [3.8, 4) is 12.3 Å². The minimum atomic E-state index is -0.000996. The van der Waals surface area contributed by atoms with Crippen LogP contribution in [0.25, 0.3) is 32.8 Å². The van der Waals surface area contributed by atoms with Gasteiger partial charge in [0.2, 0.25) is 0 Å². The molecule has 0 radical (unpaired) electrons. The number of thioether (sulfide) groups is 2. The van der Waals surface area contributed by atoms with Crippen molar-refractivity contribution < 1.29 is 9.59 Å². The number of urea groups is 2. The molecular weight excluding hydrogens is 833 g/mol. The van der Waals surface area contributed by atoms with Crippen LogP contribution in [-0.4, -0.2) is 119 Å². The van der Waals surface area contributed by atoms with E-state index in [9.17, 15) is 9.59 Å². The molecule has 5 aromatic heterocycles. The van der Waals surface area contributed by atoms with Crippen LogP contribution in [0.15, 0.2) is 42.8 Å². The number of fused-ring (bicyclic) bond motifs is 4. The summed E-state index contributed by atoms with van der Waals surface area (Å²) in [5.74, 6) is 5.53. The molecule has 24 heteroatoms. The Labute approximate surface area is 367 Å². The number of imidazole rings is 2. The Kier molecular flexibility index (Phi) is 17.0. The number of hydrogen-bond acceptors (Lipinski definition) is 15. The first-order valence-electron chi connectivity index (χ1n) is 20.8. The number of terminal acetylenes is 1. The van der Waals surface area contributed by atoms with Crippen LogP contribution in [0.3, 0.4) is 0 Å². The van der Waals surface area contributed by atoms with E-state index in [0.29, 0.717) is 89.2 Å². The number of hydrogen-bond donors (Lipinski definition) is 6. The number of nitrogens with one attached hydrogen (secondary N) is 4. The lowest BCUT2D eigenvalue weighted by Crippen LogP contribution is -2.36. The Hall–Kier alpha value is -6.05. The van der Waals surface area contributed by atoms with Gasteiger partial charge in [0.15, 0.2) is 22.9 Å². The zero-order chi connectivity index (χ0) is 43.7. The zero-order valence-electron chi connectivity index (χ0n) is 34.7. The summed E-state index contributed by atoms with van der Waals surface area (Å²) >= 11 is 3.98. The molecule has 9 heterocycles. The fourth-order valence-corrected chi connectivity index (χ4v) is 10.6. The molecule has 8 N–H and O–H groups in total. The Morgan fingerprint density at radius 1 is 0.806 bits per heavy atom. The van der Waals surface area contributed by atoms with Crippen molar-refractivity contribution in [2.75, 3.05) is 29.5 Å². The van der Waals surface area contributed by atoms with Gasteiger partial charge in [0.05, 0.1) is 49.6 Å². The molecule has 9 rings (SSSR count). The topological polar surface area (TPSA) is 301 Å². The summed E-state index contributed by atoms with van der Waals surface area (Å²) < 4.78 is 5.42. The molecule has 0 aromatic carbocycles. The molecule has 62 heavy (non-hydrogen) atoms. The SMILES string of the molecule is C#CCCCC[C@@H]1SC[C@@H]2NC(=O)N[C@@H]21.CCCCCC[C@@H]1SC[C@@H]2NC(=O)N[C@@H]21.Nc1ncnc2c1ncn2CCn1ccnn1.[N-]=[N+]=NCCn1cnc2c(N)ncnc21. The summed E-state index contributed by atoms with van der Waals surface area (Å²) in [6.45, 7) is 4.52. The summed E-state index contributed by atoms with van der Waals surface area (Å²) in [6, 6.07) is 1.50. The van der Waals surface area contributed by atoms with Crippen LogP contribution >= 0.6 is 23.5 Å². The molecule has 22 nitrogen and oxygen atoms in total. The summed E-state index contributed by atoms with van der Waals surface area (Å²) in [6.07, 6.45) is 25.6. The van der Waals surface area contributed by atoms with Crippen molar-refractivity contribution >= 4 is 69.5 Å². The van der Waals surface area contributed by atoms with E-state index in [1.807, 2.05) is 34.3 Å². The van der Waals surface area contributed by atoms with E-state index in [1.54, 1.807) is 28.1 Å². The van der Waals surface area contributed by atoms with Crippen molar-refractivity contribution in [2.24, 2.45) is 5.11 Å². The van der Waals surface area contributed by atoms with Crippen molar-refractivity contribution in [3.05, 3.63) is 48.1 Å². The van der Waals surface area contributed by atoms with Crippen LogP contribution in [-0.2, 0) is 19.6 Å². The Morgan fingerprint density at radius 3 is 1.92 bits per heavy atom. The number of nitrogens with zero attached hydrogens (tertiary/aromatic N) is 14. The molecule has 5 aromatic rings. The Bertz CT molecular complexity index is 2290. The number of anilines is 2. The number of azide groups is 1. The summed E-state index contributed by atoms with van der Waals surface area (Å²) in [5, 5.41) is 24.2. The van der Waals surface area contributed by atoms with Crippen molar-refractivity contribution in [1.82, 2.24) is 75.3 Å². The standard InChI is InChI=1S/C11H20N2OS.C11H16N2OS.C9H10N8.C7H8N8/c2*1-2-3-4-5-6-9-10-8(7-15-9)12-11(14)13-10;10-8-7-9(12-5-11-8)16(6-13-7)3-4-17-2-1-14-15-17;8-6-5-7(11-3-10-6)15(4-12-5)2-1-13-14-9/h8-10H,2-7H2,1H3,(H2,12,13,14);1,8-10H,3-7H2,(H2,12,13,14);1-2,5-6H,3-4H2,(H2,10,11,12);3-4H,1-2H2,(H2,8,10,11)/t2*8-,9-,10-;;/m00../s1. The molecule has 4 fully saturated rings. The third kappa shape index (κ3) is 12.3. The van der Waals surface area contributed by atoms with Crippen LogP contribution in [0.5, 0.6) is 0 Å². The number of aryl methyl sites for hydroxylation is 2. The second-order valence-corrected chi connectivity index (χ2v) is 17.4. The number of carbonyl (C=O) groups is 2. The zero-order valence-corrected chi connectivity index (χ0v) is 36.3. The molecule has 0 saturated carbocycles. The fraction of sp³-hybridized carbons (Fsp3) is 0.579. The summed E-state index contributed by atoms with van der Waals surface area (Å²) in [4.78, 5) is 49.1.